The first-order valence-electron chi connectivity index (χ1n) is 7.89. The normalized spacial score (nSPS) is 15.9. The van der Waals surface area contributed by atoms with Crippen molar-refractivity contribution < 1.29 is 8.51 Å². The number of fused-ring (bicyclic) bond motifs is 7. The Morgan fingerprint density at radius 1 is 1.25 bits per heavy atom. The lowest BCUT2D eigenvalue weighted by molar-refractivity contribution is -0.480. The van der Waals surface area contributed by atoms with Crippen LogP contribution in [0.3, 0.4) is 0 Å². The van der Waals surface area contributed by atoms with E-state index in [0.29, 0.717) is 17.8 Å². The summed E-state index contributed by atoms with van der Waals surface area (Å²) in [5.74, 6) is 0.638. The number of aromatic nitrogens is 5. The van der Waals surface area contributed by atoms with E-state index in [-0.39, 0.29) is 0 Å². The van der Waals surface area contributed by atoms with E-state index in [4.69, 9.17) is 4.11 Å². The van der Waals surface area contributed by atoms with Gasteiger partial charge in [-0.25, -0.2) is 9.13 Å². The van der Waals surface area contributed by atoms with Gasteiger partial charge in [-0.2, -0.15) is 4.40 Å². The summed E-state index contributed by atoms with van der Waals surface area (Å²) in [6.45, 7) is -1.66. The second kappa shape index (κ2) is 3.25. The molecule has 0 radical (unpaired) electrons. The molecule has 0 N–H and O–H groups in total. The van der Waals surface area contributed by atoms with E-state index in [2.05, 4.69) is 9.97 Å². The number of hydrogen-bond donors (Lipinski definition) is 0. The lowest BCUT2D eigenvalue weighted by Gasteiger charge is -1.93. The third kappa shape index (κ3) is 1.02. The van der Waals surface area contributed by atoms with Gasteiger partial charge in [-0.15, -0.1) is 0 Å². The fraction of sp³-hybridized carbons (Fsp3) is 0.133. The van der Waals surface area contributed by atoms with Crippen LogP contribution in [-0.2, 0) is 13.5 Å². The molecule has 5 heterocycles. The molecule has 0 saturated heterocycles. The zero-order valence-corrected chi connectivity index (χ0v) is 10.5. The molecule has 20 heavy (non-hydrogen) atoms. The fourth-order valence-electron chi connectivity index (χ4n) is 3.10. The van der Waals surface area contributed by atoms with Crippen LogP contribution >= 0.6 is 0 Å². The minimum atomic E-state index is -2.28. The van der Waals surface area contributed by atoms with Gasteiger partial charge in [0.05, 0.1) is 23.8 Å². The van der Waals surface area contributed by atoms with Crippen molar-refractivity contribution in [2.45, 2.75) is 6.54 Å². The SMILES string of the molecule is [2H]C([2H])([2H])n1c2cnccc2[n+]2cc3n(c12)Cc1cnccc1-3. The minimum Gasteiger partial charge on any atom is -0.264 e. The smallest absolute Gasteiger partial charge is 0.264 e. The zero-order chi connectivity index (χ0) is 15.8. The van der Waals surface area contributed by atoms with E-state index in [1.165, 1.54) is 4.57 Å². The summed E-state index contributed by atoms with van der Waals surface area (Å²) in [6, 6.07) is 3.81. The van der Waals surface area contributed by atoms with Crippen LogP contribution in [0.25, 0.3) is 28.1 Å². The Bertz CT molecular complexity index is 1090. The van der Waals surface area contributed by atoms with Crippen LogP contribution in [0.4, 0.5) is 0 Å². The van der Waals surface area contributed by atoms with Gasteiger partial charge < -0.3 is 0 Å². The van der Waals surface area contributed by atoms with Crippen molar-refractivity contribution in [3.8, 4) is 11.3 Å². The van der Waals surface area contributed by atoms with E-state index in [0.717, 1.165) is 22.3 Å². The quantitative estimate of drug-likeness (QED) is 0.398. The standard InChI is InChI=1S/C15H12N5/c1-18-13-7-17-5-3-12(13)20-9-14-11-2-4-16-6-10(11)8-19(14)15(18)20/h2-7,9H,8H2,1H3/q+1/i1D3. The Morgan fingerprint density at radius 2 is 2.15 bits per heavy atom. The first kappa shape index (κ1) is 7.79. The predicted octanol–water partition coefficient (Wildman–Crippen LogP) is 1.54. The summed E-state index contributed by atoms with van der Waals surface area (Å²) in [6.07, 6.45) is 8.87. The summed E-state index contributed by atoms with van der Waals surface area (Å²) in [5.41, 5.74) is 4.65. The maximum Gasteiger partial charge on any atom is 0.370 e. The van der Waals surface area contributed by atoms with Gasteiger partial charge in [0.25, 0.3) is 0 Å². The van der Waals surface area contributed by atoms with Gasteiger partial charge in [0, 0.05) is 29.7 Å². The Hall–Kier alpha value is -2.69. The molecule has 0 spiro atoms. The third-order valence-electron chi connectivity index (χ3n) is 3.99. The van der Waals surface area contributed by atoms with Crippen LogP contribution in [0.2, 0.25) is 0 Å². The van der Waals surface area contributed by atoms with Gasteiger partial charge in [-0.05, 0) is 12.1 Å². The molecule has 0 atom stereocenters. The monoisotopic (exact) mass is 265 g/mol. The molecule has 0 fully saturated rings. The van der Waals surface area contributed by atoms with Crippen molar-refractivity contribution in [3.05, 3.63) is 48.7 Å². The summed E-state index contributed by atoms with van der Waals surface area (Å²) in [7, 11) is 0. The maximum absolute atomic E-state index is 7.95. The summed E-state index contributed by atoms with van der Waals surface area (Å²) in [5, 5.41) is 0. The van der Waals surface area contributed by atoms with Crippen LogP contribution < -0.4 is 4.40 Å². The average Bonchev–Trinajstić information content (AvgIpc) is 3.13. The molecule has 0 aliphatic carbocycles. The van der Waals surface area contributed by atoms with Gasteiger partial charge >= 0.3 is 5.78 Å². The lowest BCUT2D eigenvalue weighted by Crippen LogP contribution is -2.18. The fourth-order valence-corrected chi connectivity index (χ4v) is 3.10. The summed E-state index contributed by atoms with van der Waals surface area (Å²) >= 11 is 0. The highest BCUT2D eigenvalue weighted by atomic mass is 15.3. The van der Waals surface area contributed by atoms with Gasteiger partial charge in [0.1, 0.15) is 17.4 Å². The molecule has 0 bridgehead atoms. The topological polar surface area (TPSA) is 39.7 Å². The van der Waals surface area contributed by atoms with Gasteiger partial charge in [0.2, 0.25) is 0 Å². The molecule has 0 saturated carbocycles. The molecule has 0 unspecified atom stereocenters. The zero-order valence-electron chi connectivity index (χ0n) is 13.5. The molecule has 4 aromatic rings. The van der Waals surface area contributed by atoms with Crippen molar-refractivity contribution in [1.82, 2.24) is 19.1 Å². The molecule has 1 aliphatic heterocycles. The van der Waals surface area contributed by atoms with Crippen LogP contribution in [0.1, 0.15) is 9.68 Å². The van der Waals surface area contributed by atoms with Crippen molar-refractivity contribution in [2.24, 2.45) is 6.98 Å². The molecule has 5 nitrogen and oxygen atoms in total. The first-order chi connectivity index (χ1) is 11.1. The van der Waals surface area contributed by atoms with Crippen LogP contribution in [-0.4, -0.2) is 19.1 Å². The van der Waals surface area contributed by atoms with E-state index in [9.17, 15) is 0 Å². The number of rotatable bonds is 0. The van der Waals surface area contributed by atoms with Crippen molar-refractivity contribution in [1.29, 1.82) is 0 Å². The van der Waals surface area contributed by atoms with Gasteiger partial charge in [-0.1, -0.05) is 0 Å². The van der Waals surface area contributed by atoms with Crippen molar-refractivity contribution in [3.63, 3.8) is 0 Å². The lowest BCUT2D eigenvalue weighted by atomic mass is 10.1. The predicted molar refractivity (Wildman–Crippen MR) is 74.2 cm³/mol. The molecule has 5 rings (SSSR count). The van der Waals surface area contributed by atoms with E-state index >= 15 is 0 Å². The number of nitrogens with zero attached hydrogens (tertiary/aromatic N) is 5. The Labute approximate surface area is 119 Å². The molecular formula is C15H12N5+. The molecule has 1 aliphatic rings. The molecule has 96 valence electrons. The van der Waals surface area contributed by atoms with Crippen molar-refractivity contribution in [2.75, 3.05) is 0 Å². The average molecular weight is 265 g/mol. The van der Waals surface area contributed by atoms with Crippen LogP contribution in [0.15, 0.2) is 43.1 Å². The third-order valence-corrected chi connectivity index (χ3v) is 3.99. The highest BCUT2D eigenvalue weighted by Crippen LogP contribution is 2.32. The van der Waals surface area contributed by atoms with Gasteiger partial charge in [0.15, 0.2) is 5.52 Å². The maximum atomic E-state index is 7.95. The minimum absolute atomic E-state index is 0.604. The number of aryl methyl sites for hydroxylation is 1. The molecular weight excluding hydrogens is 250 g/mol. The Morgan fingerprint density at radius 3 is 3.10 bits per heavy atom. The van der Waals surface area contributed by atoms with Crippen LogP contribution in [0.5, 0.6) is 0 Å². The van der Waals surface area contributed by atoms with Gasteiger partial charge in [-0.3, -0.25) is 9.97 Å². The Balaban J connectivity index is 1.97. The molecule has 0 aromatic carbocycles. The molecule has 0 amide bonds. The van der Waals surface area contributed by atoms with Crippen molar-refractivity contribution >= 4 is 16.8 Å². The highest BCUT2D eigenvalue weighted by molar-refractivity contribution is 5.76. The Kier molecular flexibility index (Phi) is 1.27. The van der Waals surface area contributed by atoms with E-state index in [1.807, 2.05) is 33.5 Å². The molecule has 4 aromatic heterocycles. The summed E-state index contributed by atoms with van der Waals surface area (Å²) < 4.78 is 29.2. The molecule has 5 heteroatoms. The largest absolute Gasteiger partial charge is 0.370 e. The number of hydrogen-bond acceptors (Lipinski definition) is 2. The highest BCUT2D eigenvalue weighted by Gasteiger charge is 2.30. The second-order valence-corrected chi connectivity index (χ2v) is 5.00. The number of imidazole rings is 2. The van der Waals surface area contributed by atoms with Crippen LogP contribution in [0, 0.1) is 0 Å². The first-order valence-corrected chi connectivity index (χ1v) is 6.39. The van der Waals surface area contributed by atoms with E-state index < -0.39 is 6.98 Å². The summed E-state index contributed by atoms with van der Waals surface area (Å²) in [4.78, 5) is 8.26. The second-order valence-electron chi connectivity index (χ2n) is 5.00. The number of pyridine rings is 2. The van der Waals surface area contributed by atoms with E-state index in [1.54, 1.807) is 18.6 Å².